The molecule has 1 aromatic carbocycles. The Hall–Kier alpha value is -2.01. The zero-order valence-corrected chi connectivity index (χ0v) is 13.5. The summed E-state index contributed by atoms with van der Waals surface area (Å²) in [5.41, 5.74) is 1.89. The number of amides is 1. The van der Waals surface area contributed by atoms with Gasteiger partial charge in [-0.1, -0.05) is 6.07 Å². The third kappa shape index (κ3) is 3.42. The lowest BCUT2D eigenvalue weighted by Crippen LogP contribution is -2.19. The first-order valence-electron chi connectivity index (χ1n) is 7.51. The normalized spacial score (nSPS) is 14.1. The second-order valence-electron chi connectivity index (χ2n) is 5.38. The number of nitrogens with one attached hydrogen (secondary N) is 1. The van der Waals surface area contributed by atoms with Crippen molar-refractivity contribution in [1.82, 2.24) is 0 Å². The van der Waals surface area contributed by atoms with Crippen LogP contribution in [-0.2, 0) is 11.2 Å². The number of carbonyl (C=O) groups excluding carboxylic acids is 1. The highest BCUT2D eigenvalue weighted by molar-refractivity contribution is 7.10. The van der Waals surface area contributed by atoms with Gasteiger partial charge in [0, 0.05) is 23.7 Å². The van der Waals surface area contributed by atoms with Crippen LogP contribution in [0, 0.1) is 0 Å². The summed E-state index contributed by atoms with van der Waals surface area (Å²) >= 11 is 1.60. The molecule has 116 valence electrons. The Morgan fingerprint density at radius 3 is 2.82 bits per heavy atom. The van der Waals surface area contributed by atoms with Crippen LogP contribution in [0.15, 0.2) is 35.7 Å². The van der Waals surface area contributed by atoms with Crippen LogP contribution in [0.4, 0.5) is 11.4 Å². The molecule has 1 amide bonds. The first-order chi connectivity index (χ1) is 10.8. The highest BCUT2D eigenvalue weighted by Gasteiger charge is 2.15. The number of methoxy groups -OCH3 is 1. The number of nitrogens with zero attached hydrogens (tertiary/aromatic N) is 1. The number of ether oxygens (including phenoxy) is 1. The van der Waals surface area contributed by atoms with Crippen LogP contribution >= 0.6 is 11.3 Å². The minimum absolute atomic E-state index is 0.0145. The highest BCUT2D eigenvalue weighted by Crippen LogP contribution is 2.31. The second kappa shape index (κ2) is 6.83. The molecule has 2 aromatic rings. The fraction of sp³-hybridized carbons (Fsp3) is 0.353. The van der Waals surface area contributed by atoms with Crippen LogP contribution in [0.5, 0.6) is 5.75 Å². The van der Waals surface area contributed by atoms with Gasteiger partial charge in [0.15, 0.2) is 0 Å². The minimum Gasteiger partial charge on any atom is -0.495 e. The van der Waals surface area contributed by atoms with E-state index in [1.54, 1.807) is 18.4 Å². The summed E-state index contributed by atoms with van der Waals surface area (Å²) in [6, 6.07) is 9.92. The number of rotatable bonds is 5. The summed E-state index contributed by atoms with van der Waals surface area (Å²) in [6.07, 6.45) is 2.85. The average Bonchev–Trinajstić information content (AvgIpc) is 3.20. The molecule has 1 N–H and O–H groups in total. The van der Waals surface area contributed by atoms with Crippen molar-refractivity contribution in [2.75, 3.05) is 30.4 Å². The number of hydrogen-bond donors (Lipinski definition) is 1. The number of anilines is 2. The lowest BCUT2D eigenvalue weighted by Gasteiger charge is -2.20. The lowest BCUT2D eigenvalue weighted by atomic mass is 10.2. The van der Waals surface area contributed by atoms with Crippen LogP contribution in [0.25, 0.3) is 0 Å². The molecule has 5 heteroatoms. The summed E-state index contributed by atoms with van der Waals surface area (Å²) in [7, 11) is 1.62. The van der Waals surface area contributed by atoms with Crippen molar-refractivity contribution in [3.8, 4) is 5.75 Å². The molecule has 0 bridgehead atoms. The second-order valence-corrected chi connectivity index (χ2v) is 6.42. The molecule has 0 aliphatic carbocycles. The van der Waals surface area contributed by atoms with Crippen molar-refractivity contribution in [3.05, 3.63) is 40.6 Å². The third-order valence-electron chi connectivity index (χ3n) is 3.84. The molecular formula is C17H20N2O2S. The Kier molecular flexibility index (Phi) is 4.63. The summed E-state index contributed by atoms with van der Waals surface area (Å²) in [5.74, 6) is 0.682. The Morgan fingerprint density at radius 2 is 2.14 bits per heavy atom. The molecule has 1 fully saturated rings. The monoisotopic (exact) mass is 316 g/mol. The maximum atomic E-state index is 12.2. The van der Waals surface area contributed by atoms with Crippen molar-refractivity contribution >= 4 is 28.6 Å². The van der Waals surface area contributed by atoms with Gasteiger partial charge in [-0.15, -0.1) is 11.3 Å². The largest absolute Gasteiger partial charge is 0.495 e. The van der Waals surface area contributed by atoms with E-state index in [1.165, 1.54) is 12.8 Å². The third-order valence-corrected chi connectivity index (χ3v) is 4.72. The summed E-state index contributed by atoms with van der Waals surface area (Å²) in [4.78, 5) is 15.6. The van der Waals surface area contributed by atoms with E-state index in [0.717, 1.165) is 29.3 Å². The molecule has 1 aromatic heterocycles. The molecule has 22 heavy (non-hydrogen) atoms. The van der Waals surface area contributed by atoms with E-state index in [-0.39, 0.29) is 5.91 Å². The van der Waals surface area contributed by atoms with E-state index in [1.807, 2.05) is 29.6 Å². The van der Waals surface area contributed by atoms with E-state index >= 15 is 0 Å². The smallest absolute Gasteiger partial charge is 0.229 e. The topological polar surface area (TPSA) is 41.6 Å². The Labute approximate surface area is 134 Å². The van der Waals surface area contributed by atoms with Gasteiger partial charge in [0.2, 0.25) is 5.91 Å². The molecule has 1 saturated heterocycles. The molecule has 0 unspecified atom stereocenters. The molecule has 0 radical (unpaired) electrons. The van der Waals surface area contributed by atoms with Crippen molar-refractivity contribution in [3.63, 3.8) is 0 Å². The van der Waals surface area contributed by atoms with Gasteiger partial charge in [-0.3, -0.25) is 4.79 Å². The van der Waals surface area contributed by atoms with E-state index in [9.17, 15) is 4.79 Å². The van der Waals surface area contributed by atoms with Crippen LogP contribution in [0.1, 0.15) is 17.7 Å². The Balaban J connectivity index is 1.75. The first kappa shape index (κ1) is 14.9. The van der Waals surface area contributed by atoms with Gasteiger partial charge in [0.1, 0.15) is 5.75 Å². The summed E-state index contributed by atoms with van der Waals surface area (Å²) < 4.78 is 5.37. The highest BCUT2D eigenvalue weighted by atomic mass is 32.1. The fourth-order valence-electron chi connectivity index (χ4n) is 2.73. The van der Waals surface area contributed by atoms with Crippen molar-refractivity contribution < 1.29 is 9.53 Å². The predicted molar refractivity (Wildman–Crippen MR) is 91.1 cm³/mol. The van der Waals surface area contributed by atoms with Crippen molar-refractivity contribution in [2.45, 2.75) is 19.3 Å². The quantitative estimate of drug-likeness (QED) is 0.917. The van der Waals surface area contributed by atoms with Crippen molar-refractivity contribution in [2.24, 2.45) is 0 Å². The Bertz CT molecular complexity index is 634. The van der Waals surface area contributed by atoms with Crippen molar-refractivity contribution in [1.29, 1.82) is 0 Å². The fourth-order valence-corrected chi connectivity index (χ4v) is 3.43. The van der Waals surface area contributed by atoms with Crippen LogP contribution < -0.4 is 15.0 Å². The molecule has 1 aliphatic heterocycles. The molecule has 2 heterocycles. The average molecular weight is 316 g/mol. The predicted octanol–water partition coefficient (Wildman–Crippen LogP) is 3.54. The number of benzene rings is 1. The molecule has 0 spiro atoms. The molecule has 4 nitrogen and oxygen atoms in total. The lowest BCUT2D eigenvalue weighted by molar-refractivity contribution is -0.115. The summed E-state index contributed by atoms with van der Waals surface area (Å²) in [5, 5.41) is 4.96. The summed E-state index contributed by atoms with van der Waals surface area (Å²) in [6.45, 7) is 2.16. The SMILES string of the molecule is COc1ccc(N2CCCC2)cc1NC(=O)Cc1cccs1. The van der Waals surface area contributed by atoms with Crippen LogP contribution in [0.3, 0.4) is 0 Å². The van der Waals surface area contributed by atoms with E-state index in [4.69, 9.17) is 4.74 Å². The molecule has 3 rings (SSSR count). The van der Waals surface area contributed by atoms with Crippen LogP contribution in [-0.4, -0.2) is 26.1 Å². The minimum atomic E-state index is -0.0145. The zero-order chi connectivity index (χ0) is 15.4. The van der Waals surface area contributed by atoms with E-state index in [0.29, 0.717) is 12.2 Å². The molecule has 0 saturated carbocycles. The number of hydrogen-bond acceptors (Lipinski definition) is 4. The van der Waals surface area contributed by atoms with E-state index < -0.39 is 0 Å². The standard InChI is InChI=1S/C17H20N2O2S/c1-21-16-7-6-13(19-8-2-3-9-19)11-15(16)18-17(20)12-14-5-4-10-22-14/h4-7,10-11H,2-3,8-9,12H2,1H3,(H,18,20). The number of thiophene rings is 1. The van der Waals surface area contributed by atoms with Gasteiger partial charge in [0.25, 0.3) is 0 Å². The van der Waals surface area contributed by atoms with Gasteiger partial charge in [0.05, 0.1) is 19.2 Å². The van der Waals surface area contributed by atoms with Gasteiger partial charge in [-0.2, -0.15) is 0 Å². The van der Waals surface area contributed by atoms with Crippen LogP contribution in [0.2, 0.25) is 0 Å². The van der Waals surface area contributed by atoms with Gasteiger partial charge in [-0.25, -0.2) is 0 Å². The number of carbonyl (C=O) groups is 1. The van der Waals surface area contributed by atoms with Gasteiger partial charge < -0.3 is 15.0 Å². The van der Waals surface area contributed by atoms with E-state index in [2.05, 4.69) is 16.3 Å². The molecule has 1 aliphatic rings. The van der Waals surface area contributed by atoms with Gasteiger partial charge in [-0.05, 0) is 42.5 Å². The zero-order valence-electron chi connectivity index (χ0n) is 12.7. The maximum absolute atomic E-state index is 12.2. The first-order valence-corrected chi connectivity index (χ1v) is 8.39. The maximum Gasteiger partial charge on any atom is 0.229 e. The Morgan fingerprint density at radius 1 is 1.32 bits per heavy atom. The van der Waals surface area contributed by atoms with Gasteiger partial charge >= 0.3 is 0 Å². The molecule has 0 atom stereocenters. The molecular weight excluding hydrogens is 296 g/mol.